The molecule has 19 heavy (non-hydrogen) atoms. The van der Waals surface area contributed by atoms with Crippen LogP contribution in [0.1, 0.15) is 16.2 Å². The van der Waals surface area contributed by atoms with Gasteiger partial charge in [-0.1, -0.05) is 0 Å². The molecule has 1 aromatic carbocycles. The quantitative estimate of drug-likeness (QED) is 0.920. The summed E-state index contributed by atoms with van der Waals surface area (Å²) in [4.78, 5) is 12.0. The van der Waals surface area contributed by atoms with Crippen molar-refractivity contribution >= 4 is 27.5 Å². The number of carbonyl (C=O) groups excluding carboxylic acids is 1. The van der Waals surface area contributed by atoms with Gasteiger partial charge in [-0.3, -0.25) is 9.48 Å². The zero-order valence-electron chi connectivity index (χ0n) is 10.2. The fourth-order valence-corrected chi connectivity index (χ4v) is 2.01. The molecule has 0 unspecified atom stereocenters. The van der Waals surface area contributed by atoms with Crippen LogP contribution in [-0.4, -0.2) is 15.7 Å². The van der Waals surface area contributed by atoms with Crippen LogP contribution in [-0.2, 0) is 7.05 Å². The van der Waals surface area contributed by atoms with Gasteiger partial charge in [-0.25, -0.2) is 8.78 Å². The van der Waals surface area contributed by atoms with Crippen molar-refractivity contribution in [1.29, 1.82) is 0 Å². The first kappa shape index (κ1) is 13.7. The minimum absolute atomic E-state index is 0.166. The molecule has 0 aliphatic rings. The minimum atomic E-state index is -1.02. The lowest BCUT2D eigenvalue weighted by Gasteiger charge is -2.04. The zero-order valence-corrected chi connectivity index (χ0v) is 11.8. The van der Waals surface area contributed by atoms with Gasteiger partial charge in [-0.2, -0.15) is 5.10 Å². The molecular formula is C12H10BrF2N3O. The molecule has 2 aromatic rings. The molecule has 1 amide bonds. The lowest BCUT2D eigenvalue weighted by atomic mass is 10.3. The van der Waals surface area contributed by atoms with E-state index < -0.39 is 17.5 Å². The highest BCUT2D eigenvalue weighted by Gasteiger charge is 2.18. The van der Waals surface area contributed by atoms with E-state index in [0.29, 0.717) is 4.47 Å². The third kappa shape index (κ3) is 2.65. The van der Waals surface area contributed by atoms with Gasteiger partial charge in [0.15, 0.2) is 17.3 Å². The molecule has 0 aliphatic heterocycles. The Kier molecular flexibility index (Phi) is 3.66. The molecule has 2 rings (SSSR count). The lowest BCUT2D eigenvalue weighted by molar-refractivity contribution is 0.102. The number of halogens is 3. The Morgan fingerprint density at radius 2 is 2.05 bits per heavy atom. The highest BCUT2D eigenvalue weighted by molar-refractivity contribution is 9.10. The predicted octanol–water partition coefficient (Wildman–Crippen LogP) is 3.02. The average molecular weight is 330 g/mol. The van der Waals surface area contributed by atoms with Crippen molar-refractivity contribution in [2.45, 2.75) is 6.92 Å². The molecule has 0 spiro atoms. The van der Waals surface area contributed by atoms with Crippen LogP contribution in [0.4, 0.5) is 14.5 Å². The van der Waals surface area contributed by atoms with Crippen molar-refractivity contribution in [1.82, 2.24) is 9.78 Å². The molecule has 0 atom stereocenters. The number of amides is 1. The summed E-state index contributed by atoms with van der Waals surface area (Å²) in [6.07, 6.45) is 0. The molecule has 100 valence electrons. The normalized spacial score (nSPS) is 10.6. The van der Waals surface area contributed by atoms with E-state index in [-0.39, 0.29) is 11.4 Å². The number of benzene rings is 1. The second-order valence-electron chi connectivity index (χ2n) is 3.95. The summed E-state index contributed by atoms with van der Waals surface area (Å²) in [6, 6.07) is 3.14. The molecule has 0 aliphatic carbocycles. The molecule has 7 heteroatoms. The summed E-state index contributed by atoms with van der Waals surface area (Å²) < 4.78 is 27.9. The average Bonchev–Trinajstić information content (AvgIpc) is 2.62. The van der Waals surface area contributed by atoms with Crippen LogP contribution in [0.25, 0.3) is 0 Å². The molecule has 1 heterocycles. The molecular weight excluding hydrogens is 320 g/mol. The highest BCUT2D eigenvalue weighted by Crippen LogP contribution is 2.21. The van der Waals surface area contributed by atoms with Crippen LogP contribution in [0.2, 0.25) is 0 Å². The number of rotatable bonds is 2. The number of nitrogens with one attached hydrogen (secondary N) is 1. The molecule has 1 aromatic heterocycles. The van der Waals surface area contributed by atoms with E-state index in [4.69, 9.17) is 0 Å². The van der Waals surface area contributed by atoms with E-state index in [1.807, 2.05) is 0 Å². The monoisotopic (exact) mass is 329 g/mol. The standard InChI is InChI=1S/C12H10BrF2N3O/c1-6-10(13)11(17-18(6)2)12(19)16-7-3-4-8(14)9(15)5-7/h3-5H,1-2H3,(H,16,19). The Balaban J connectivity index is 2.25. The van der Waals surface area contributed by atoms with Gasteiger partial charge in [-0.15, -0.1) is 0 Å². The molecule has 1 N–H and O–H groups in total. The van der Waals surface area contributed by atoms with E-state index >= 15 is 0 Å². The van der Waals surface area contributed by atoms with Crippen molar-refractivity contribution in [3.63, 3.8) is 0 Å². The van der Waals surface area contributed by atoms with Crippen molar-refractivity contribution in [2.24, 2.45) is 7.05 Å². The first-order chi connectivity index (χ1) is 8.90. The third-order valence-electron chi connectivity index (χ3n) is 2.65. The summed E-state index contributed by atoms with van der Waals surface area (Å²) in [7, 11) is 1.70. The van der Waals surface area contributed by atoms with E-state index in [1.165, 1.54) is 6.07 Å². The van der Waals surface area contributed by atoms with Gasteiger partial charge in [-0.05, 0) is 35.0 Å². The van der Waals surface area contributed by atoms with Crippen LogP contribution in [0, 0.1) is 18.6 Å². The van der Waals surface area contributed by atoms with E-state index in [2.05, 4.69) is 26.3 Å². The molecule has 0 radical (unpaired) electrons. The summed E-state index contributed by atoms with van der Waals surface area (Å²) in [5.41, 5.74) is 1.14. The maximum atomic E-state index is 13.0. The van der Waals surface area contributed by atoms with Crippen LogP contribution in [0.3, 0.4) is 0 Å². The summed E-state index contributed by atoms with van der Waals surface area (Å²) >= 11 is 3.26. The highest BCUT2D eigenvalue weighted by atomic mass is 79.9. The van der Waals surface area contributed by atoms with E-state index in [9.17, 15) is 13.6 Å². The largest absolute Gasteiger partial charge is 0.320 e. The second kappa shape index (κ2) is 5.08. The van der Waals surface area contributed by atoms with Gasteiger partial charge >= 0.3 is 0 Å². The number of aryl methyl sites for hydroxylation is 1. The Morgan fingerprint density at radius 1 is 1.37 bits per heavy atom. The lowest BCUT2D eigenvalue weighted by Crippen LogP contribution is -2.13. The molecule has 0 fully saturated rings. The molecule has 0 saturated heterocycles. The molecule has 0 bridgehead atoms. The number of aromatic nitrogens is 2. The predicted molar refractivity (Wildman–Crippen MR) is 70.0 cm³/mol. The summed E-state index contributed by atoms with van der Waals surface area (Å²) in [5.74, 6) is -2.48. The first-order valence-electron chi connectivity index (χ1n) is 5.35. The number of anilines is 1. The van der Waals surface area contributed by atoms with Crippen molar-refractivity contribution in [3.8, 4) is 0 Å². The maximum absolute atomic E-state index is 13.0. The first-order valence-corrected chi connectivity index (χ1v) is 6.15. The Hall–Kier alpha value is -1.76. The van der Waals surface area contributed by atoms with Gasteiger partial charge in [0.1, 0.15) is 0 Å². The maximum Gasteiger partial charge on any atom is 0.277 e. The topological polar surface area (TPSA) is 46.9 Å². The summed E-state index contributed by atoms with van der Waals surface area (Å²) in [6.45, 7) is 1.80. The SMILES string of the molecule is Cc1c(Br)c(C(=O)Nc2ccc(F)c(F)c2)nn1C. The fourth-order valence-electron chi connectivity index (χ4n) is 1.49. The van der Waals surface area contributed by atoms with Gasteiger partial charge < -0.3 is 5.32 Å². The second-order valence-corrected chi connectivity index (χ2v) is 4.75. The van der Waals surface area contributed by atoms with Gasteiger partial charge in [0.2, 0.25) is 0 Å². The van der Waals surface area contributed by atoms with Crippen LogP contribution < -0.4 is 5.32 Å². The third-order valence-corrected chi connectivity index (χ3v) is 3.60. The van der Waals surface area contributed by atoms with Crippen LogP contribution in [0.5, 0.6) is 0 Å². The van der Waals surface area contributed by atoms with Gasteiger partial charge in [0, 0.05) is 18.8 Å². The minimum Gasteiger partial charge on any atom is -0.320 e. The Labute approximate surface area is 116 Å². The van der Waals surface area contributed by atoms with Gasteiger partial charge in [0.05, 0.1) is 10.2 Å². The Morgan fingerprint density at radius 3 is 2.58 bits per heavy atom. The smallest absolute Gasteiger partial charge is 0.277 e. The van der Waals surface area contributed by atoms with Crippen molar-refractivity contribution < 1.29 is 13.6 Å². The molecule has 4 nitrogen and oxygen atoms in total. The van der Waals surface area contributed by atoms with Gasteiger partial charge in [0.25, 0.3) is 5.91 Å². The number of carbonyl (C=O) groups is 1. The number of hydrogen-bond acceptors (Lipinski definition) is 2. The van der Waals surface area contributed by atoms with Crippen LogP contribution in [0.15, 0.2) is 22.7 Å². The number of nitrogens with zero attached hydrogens (tertiary/aromatic N) is 2. The number of hydrogen-bond donors (Lipinski definition) is 1. The molecule has 0 saturated carbocycles. The van der Waals surface area contributed by atoms with Crippen molar-refractivity contribution in [2.75, 3.05) is 5.32 Å². The Bertz CT molecular complexity index is 655. The van der Waals surface area contributed by atoms with E-state index in [0.717, 1.165) is 17.8 Å². The van der Waals surface area contributed by atoms with Crippen molar-refractivity contribution in [3.05, 3.63) is 45.7 Å². The fraction of sp³-hybridized carbons (Fsp3) is 0.167. The summed E-state index contributed by atoms with van der Waals surface area (Å²) in [5, 5.41) is 6.49. The van der Waals surface area contributed by atoms with E-state index in [1.54, 1.807) is 18.7 Å². The zero-order chi connectivity index (χ0) is 14.2. The van der Waals surface area contributed by atoms with Crippen LogP contribution >= 0.6 is 15.9 Å².